The smallest absolute Gasteiger partial charge is 0.0791 e. The van der Waals surface area contributed by atoms with Gasteiger partial charge in [-0.15, -0.1) is 0 Å². The lowest BCUT2D eigenvalue weighted by Crippen LogP contribution is -2.62. The summed E-state index contributed by atoms with van der Waals surface area (Å²) < 4.78 is 0. The van der Waals surface area contributed by atoms with E-state index in [1.165, 1.54) is 51.4 Å². The molecule has 1 unspecified atom stereocenters. The van der Waals surface area contributed by atoms with Crippen LogP contribution in [-0.4, -0.2) is 67.4 Å². The average Bonchev–Trinajstić information content (AvgIpc) is 2.79. The predicted octanol–water partition coefficient (Wildman–Crippen LogP) is 8.58. The maximum Gasteiger partial charge on any atom is 0.0791 e. The fraction of sp³-hybridized carbons (Fsp3) is 1.00. The molecule has 0 aromatic rings. The molecule has 0 aromatic heterocycles. The van der Waals surface area contributed by atoms with E-state index in [0.717, 1.165) is 51.6 Å². The molecule has 2 aliphatic rings. The first-order valence-corrected chi connectivity index (χ1v) is 16.8. The van der Waals surface area contributed by atoms with E-state index in [9.17, 15) is 10.2 Å². The van der Waals surface area contributed by atoms with Crippen LogP contribution in [0.4, 0.5) is 0 Å². The van der Waals surface area contributed by atoms with Gasteiger partial charge in [-0.2, -0.15) is 10.1 Å². The molecule has 0 saturated carbocycles. The Morgan fingerprint density at radius 3 is 1.45 bits per heavy atom. The topological polar surface area (TPSA) is 65.4 Å². The van der Waals surface area contributed by atoms with E-state index in [1.54, 1.807) is 0 Å². The molecular formula is C34H70N2O4. The summed E-state index contributed by atoms with van der Waals surface area (Å²) in [5, 5.41) is 24.4. The van der Waals surface area contributed by atoms with E-state index >= 15 is 0 Å². The minimum Gasteiger partial charge on any atom is -0.393 e. The monoisotopic (exact) mass is 571 g/mol. The molecule has 0 bridgehead atoms. The average molecular weight is 571 g/mol. The highest BCUT2D eigenvalue weighted by Gasteiger charge is 2.47. The van der Waals surface area contributed by atoms with Crippen molar-refractivity contribution in [3.63, 3.8) is 0 Å². The van der Waals surface area contributed by atoms with Crippen molar-refractivity contribution < 1.29 is 19.9 Å². The van der Waals surface area contributed by atoms with Crippen molar-refractivity contribution in [3.8, 4) is 0 Å². The van der Waals surface area contributed by atoms with Crippen LogP contribution in [0.5, 0.6) is 0 Å². The second-order valence-corrected chi connectivity index (χ2v) is 15.2. The molecule has 0 aliphatic carbocycles. The number of aliphatic hydroxyl groups excluding tert-OH is 2. The standard InChI is InChI=1S/2C17H35NO2/c1-7-9-10-11-15(8-2)20-18-16(3,4)12-14(19)13-17(18,5)6;1-6-7-8-9-10-11-12-20-18-16(2,3)13-15(19)14-17(18,4)5/h14-15,19H,7-13H2,1-6H3;15,19H,6-14H2,1-5H3. The third-order valence-corrected chi connectivity index (χ3v) is 8.70. The van der Waals surface area contributed by atoms with Gasteiger partial charge in [0.05, 0.1) is 24.9 Å². The van der Waals surface area contributed by atoms with Crippen LogP contribution in [0.2, 0.25) is 0 Å². The van der Waals surface area contributed by atoms with E-state index in [-0.39, 0.29) is 34.4 Å². The second kappa shape index (κ2) is 17.2. The first kappa shape index (κ1) is 37.8. The van der Waals surface area contributed by atoms with E-state index in [2.05, 4.69) is 86.3 Å². The van der Waals surface area contributed by atoms with E-state index < -0.39 is 0 Å². The quantitative estimate of drug-likeness (QED) is 0.192. The zero-order valence-corrected chi connectivity index (χ0v) is 28.7. The molecule has 2 saturated heterocycles. The summed E-state index contributed by atoms with van der Waals surface area (Å²) in [5.74, 6) is 0. The summed E-state index contributed by atoms with van der Waals surface area (Å²) in [4.78, 5) is 12.5. The van der Waals surface area contributed by atoms with Gasteiger partial charge in [0.15, 0.2) is 0 Å². The first-order chi connectivity index (χ1) is 18.5. The maximum atomic E-state index is 10.1. The van der Waals surface area contributed by atoms with Gasteiger partial charge in [-0.3, -0.25) is 9.68 Å². The summed E-state index contributed by atoms with van der Waals surface area (Å²) >= 11 is 0. The fourth-order valence-corrected chi connectivity index (χ4v) is 7.20. The Hall–Kier alpha value is -0.240. The number of rotatable bonds is 15. The molecule has 6 heteroatoms. The predicted molar refractivity (Wildman–Crippen MR) is 169 cm³/mol. The Kier molecular flexibility index (Phi) is 16.2. The molecule has 0 spiro atoms. The lowest BCUT2D eigenvalue weighted by atomic mass is 9.80. The normalized spacial score (nSPS) is 23.9. The van der Waals surface area contributed by atoms with Gasteiger partial charge < -0.3 is 10.2 Å². The zero-order chi connectivity index (χ0) is 30.6. The van der Waals surface area contributed by atoms with Crippen LogP contribution in [0.1, 0.15) is 172 Å². The number of unbranched alkanes of at least 4 members (excludes halogenated alkanes) is 7. The molecule has 0 amide bonds. The molecule has 40 heavy (non-hydrogen) atoms. The largest absolute Gasteiger partial charge is 0.393 e. The Morgan fingerprint density at radius 2 is 1.00 bits per heavy atom. The van der Waals surface area contributed by atoms with Crippen molar-refractivity contribution in [2.24, 2.45) is 0 Å². The highest BCUT2D eigenvalue weighted by atomic mass is 16.7. The maximum absolute atomic E-state index is 10.1. The van der Waals surface area contributed by atoms with Crippen LogP contribution >= 0.6 is 0 Å². The molecule has 2 rings (SSSR count). The number of aliphatic hydroxyl groups is 2. The van der Waals surface area contributed by atoms with E-state index in [4.69, 9.17) is 9.68 Å². The van der Waals surface area contributed by atoms with E-state index in [0.29, 0.717) is 6.10 Å². The Balaban J connectivity index is 0.000000400. The molecule has 6 nitrogen and oxygen atoms in total. The molecule has 2 fully saturated rings. The molecule has 2 aliphatic heterocycles. The molecule has 2 heterocycles. The molecule has 0 radical (unpaired) electrons. The summed E-state index contributed by atoms with van der Waals surface area (Å²) in [6.07, 6.45) is 16.7. The first-order valence-electron chi connectivity index (χ1n) is 16.8. The van der Waals surface area contributed by atoms with Crippen molar-refractivity contribution in [1.82, 2.24) is 10.1 Å². The van der Waals surface area contributed by atoms with Gasteiger partial charge >= 0.3 is 0 Å². The lowest BCUT2D eigenvalue weighted by Gasteiger charge is -2.53. The van der Waals surface area contributed by atoms with Gasteiger partial charge in [-0.1, -0.05) is 72.1 Å². The van der Waals surface area contributed by atoms with Crippen molar-refractivity contribution in [2.45, 2.75) is 213 Å². The second-order valence-electron chi connectivity index (χ2n) is 15.2. The van der Waals surface area contributed by atoms with Gasteiger partial charge in [-0.25, -0.2) is 0 Å². The molecular weight excluding hydrogens is 500 g/mol. The number of hydroxylamine groups is 4. The van der Waals surface area contributed by atoms with Gasteiger partial charge in [0.2, 0.25) is 0 Å². The summed E-state index contributed by atoms with van der Waals surface area (Å²) in [5.41, 5.74) is -0.411. The number of piperidine rings is 2. The minimum absolute atomic E-state index is 0.0939. The van der Waals surface area contributed by atoms with Crippen molar-refractivity contribution in [1.29, 1.82) is 0 Å². The Bertz CT molecular complexity index is 643. The van der Waals surface area contributed by atoms with E-state index in [1.807, 2.05) is 0 Å². The van der Waals surface area contributed by atoms with Crippen LogP contribution in [0.3, 0.4) is 0 Å². The third-order valence-electron chi connectivity index (χ3n) is 8.70. The summed E-state index contributed by atoms with van der Waals surface area (Å²) in [6.45, 7) is 24.9. The number of nitrogens with zero attached hydrogens (tertiary/aromatic N) is 2. The summed E-state index contributed by atoms with van der Waals surface area (Å²) in [7, 11) is 0. The SMILES string of the molecule is CCCCCC(CC)ON1C(C)(C)CC(O)CC1(C)C.CCCCCCCCON1C(C)(C)CC(O)CC1(C)C. The van der Waals surface area contributed by atoms with Crippen LogP contribution in [0.15, 0.2) is 0 Å². The van der Waals surface area contributed by atoms with Gasteiger partial charge in [0.1, 0.15) is 0 Å². The fourth-order valence-electron chi connectivity index (χ4n) is 7.20. The Morgan fingerprint density at radius 1 is 0.600 bits per heavy atom. The molecule has 1 atom stereocenters. The van der Waals surface area contributed by atoms with Gasteiger partial charge in [0, 0.05) is 22.2 Å². The number of hydrogen-bond acceptors (Lipinski definition) is 6. The highest BCUT2D eigenvalue weighted by molar-refractivity contribution is 4.97. The van der Waals surface area contributed by atoms with Crippen LogP contribution < -0.4 is 0 Å². The van der Waals surface area contributed by atoms with Crippen LogP contribution in [-0.2, 0) is 9.68 Å². The van der Waals surface area contributed by atoms with Crippen molar-refractivity contribution in [2.75, 3.05) is 6.61 Å². The molecule has 0 aromatic carbocycles. The van der Waals surface area contributed by atoms with Gasteiger partial charge in [0.25, 0.3) is 0 Å². The summed E-state index contributed by atoms with van der Waals surface area (Å²) in [6, 6.07) is 0. The number of hydrogen-bond donors (Lipinski definition) is 2. The zero-order valence-electron chi connectivity index (χ0n) is 28.7. The van der Waals surface area contributed by atoms with Crippen molar-refractivity contribution >= 4 is 0 Å². The molecule has 2 N–H and O–H groups in total. The van der Waals surface area contributed by atoms with Crippen LogP contribution in [0.25, 0.3) is 0 Å². The lowest BCUT2D eigenvalue weighted by molar-refractivity contribution is -0.315. The Labute approximate surface area is 249 Å². The van der Waals surface area contributed by atoms with Gasteiger partial charge in [-0.05, 0) is 100 Å². The molecule has 240 valence electrons. The minimum atomic E-state index is -0.222. The highest BCUT2D eigenvalue weighted by Crippen LogP contribution is 2.40. The van der Waals surface area contributed by atoms with Crippen molar-refractivity contribution in [3.05, 3.63) is 0 Å². The van der Waals surface area contributed by atoms with Crippen LogP contribution in [0, 0.1) is 0 Å². The third kappa shape index (κ3) is 12.6.